The van der Waals surface area contributed by atoms with Crippen molar-refractivity contribution in [3.8, 4) is 0 Å². The fourth-order valence-corrected chi connectivity index (χ4v) is 3.08. The molecule has 0 aromatic carbocycles. The molecule has 2 N–H and O–H groups in total. The van der Waals surface area contributed by atoms with E-state index in [1.54, 1.807) is 0 Å². The third kappa shape index (κ3) is 5.66. The zero-order valence-electron chi connectivity index (χ0n) is 10.4. The van der Waals surface area contributed by atoms with E-state index >= 15 is 0 Å². The van der Waals surface area contributed by atoms with Crippen molar-refractivity contribution in [3.05, 3.63) is 21.3 Å². The first-order chi connectivity index (χ1) is 8.01. The molecule has 1 unspecified atom stereocenters. The molecule has 17 heavy (non-hydrogen) atoms. The Bertz CT molecular complexity index is 362. The molecule has 1 rings (SSSR count). The van der Waals surface area contributed by atoms with Crippen LogP contribution in [0.15, 0.2) is 12.1 Å². The van der Waals surface area contributed by atoms with Crippen LogP contribution in [0.1, 0.15) is 31.6 Å². The topological polar surface area (TPSA) is 43.1 Å². The number of ketones is 1. The van der Waals surface area contributed by atoms with E-state index in [2.05, 4.69) is 13.8 Å². The van der Waals surface area contributed by atoms with Crippen molar-refractivity contribution in [1.82, 2.24) is 0 Å². The largest absolute Gasteiger partial charge is 0.330 e. The molecule has 0 amide bonds. The Morgan fingerprint density at radius 1 is 1.47 bits per heavy atom. The fourth-order valence-electron chi connectivity index (χ4n) is 1.96. The summed E-state index contributed by atoms with van der Waals surface area (Å²) in [5.41, 5.74) is 5.70. The summed E-state index contributed by atoms with van der Waals surface area (Å²) in [5.74, 6) is 1.17. The van der Waals surface area contributed by atoms with E-state index in [0.29, 0.717) is 31.2 Å². The molecule has 0 saturated carbocycles. The van der Waals surface area contributed by atoms with Crippen molar-refractivity contribution >= 4 is 28.7 Å². The van der Waals surface area contributed by atoms with Gasteiger partial charge in [0.25, 0.3) is 0 Å². The number of thiophene rings is 1. The van der Waals surface area contributed by atoms with Gasteiger partial charge in [0.1, 0.15) is 5.78 Å². The van der Waals surface area contributed by atoms with Crippen molar-refractivity contribution in [2.75, 3.05) is 6.54 Å². The van der Waals surface area contributed by atoms with E-state index in [0.717, 1.165) is 15.6 Å². The lowest BCUT2D eigenvalue weighted by molar-refractivity contribution is -0.119. The highest BCUT2D eigenvalue weighted by Gasteiger charge is 2.15. The average molecular weight is 274 g/mol. The van der Waals surface area contributed by atoms with Gasteiger partial charge in [-0.3, -0.25) is 4.79 Å². The van der Waals surface area contributed by atoms with Crippen LogP contribution in [0.25, 0.3) is 0 Å². The normalized spacial score (nSPS) is 13.0. The highest BCUT2D eigenvalue weighted by Crippen LogP contribution is 2.23. The molecule has 0 spiro atoms. The molecule has 1 aromatic rings. The number of rotatable bonds is 7. The molecule has 1 atom stereocenters. The molecule has 2 nitrogen and oxygen atoms in total. The Balaban J connectivity index is 2.42. The van der Waals surface area contributed by atoms with Crippen LogP contribution in [0, 0.1) is 11.8 Å². The molecule has 4 heteroatoms. The van der Waals surface area contributed by atoms with Gasteiger partial charge in [0.05, 0.1) is 4.34 Å². The minimum atomic E-state index is 0.264. The summed E-state index contributed by atoms with van der Waals surface area (Å²) < 4.78 is 0.741. The smallest absolute Gasteiger partial charge is 0.138 e. The highest BCUT2D eigenvalue weighted by atomic mass is 35.5. The van der Waals surface area contributed by atoms with Gasteiger partial charge >= 0.3 is 0 Å². The van der Waals surface area contributed by atoms with Crippen molar-refractivity contribution in [2.24, 2.45) is 17.6 Å². The Kier molecular flexibility index (Phi) is 6.17. The monoisotopic (exact) mass is 273 g/mol. The molecule has 0 fully saturated rings. The van der Waals surface area contributed by atoms with Crippen molar-refractivity contribution < 1.29 is 4.79 Å². The second-order valence-electron chi connectivity index (χ2n) is 4.86. The van der Waals surface area contributed by atoms with Crippen LogP contribution < -0.4 is 5.73 Å². The second-order valence-corrected chi connectivity index (χ2v) is 6.66. The van der Waals surface area contributed by atoms with Gasteiger partial charge < -0.3 is 5.73 Å². The third-order valence-corrected chi connectivity index (χ3v) is 3.89. The summed E-state index contributed by atoms with van der Waals surface area (Å²) in [6, 6.07) is 3.76. The minimum absolute atomic E-state index is 0.264. The van der Waals surface area contributed by atoms with Crippen LogP contribution in [0.5, 0.6) is 0 Å². The molecule has 0 aliphatic heterocycles. The van der Waals surface area contributed by atoms with Gasteiger partial charge in [-0.1, -0.05) is 25.4 Å². The highest BCUT2D eigenvalue weighted by molar-refractivity contribution is 7.16. The number of hydrogen-bond donors (Lipinski definition) is 1. The molecule has 0 aliphatic rings. The minimum Gasteiger partial charge on any atom is -0.330 e. The lowest BCUT2D eigenvalue weighted by Gasteiger charge is -2.15. The van der Waals surface area contributed by atoms with Crippen LogP contribution in [0.3, 0.4) is 0 Å². The lowest BCUT2D eigenvalue weighted by atomic mass is 9.92. The quantitative estimate of drug-likeness (QED) is 0.826. The number of hydrogen-bond acceptors (Lipinski definition) is 3. The number of carbonyl (C=O) groups is 1. The second kappa shape index (κ2) is 7.14. The Labute approximate surface area is 112 Å². The number of halogens is 1. The predicted molar refractivity (Wildman–Crippen MR) is 74.7 cm³/mol. The van der Waals surface area contributed by atoms with Gasteiger partial charge in [-0.05, 0) is 36.9 Å². The van der Waals surface area contributed by atoms with E-state index in [1.807, 2.05) is 12.1 Å². The van der Waals surface area contributed by atoms with E-state index in [-0.39, 0.29) is 5.78 Å². The maximum atomic E-state index is 11.9. The molecule has 0 bridgehead atoms. The maximum absolute atomic E-state index is 11.9. The SMILES string of the molecule is CC(C)CC(CN)CC(=O)Cc1ccc(Cl)s1. The third-order valence-electron chi connectivity index (χ3n) is 2.65. The zero-order chi connectivity index (χ0) is 12.8. The average Bonchev–Trinajstić information content (AvgIpc) is 2.62. The van der Waals surface area contributed by atoms with Gasteiger partial charge in [0, 0.05) is 17.7 Å². The van der Waals surface area contributed by atoms with Crippen LogP contribution in [0.4, 0.5) is 0 Å². The van der Waals surface area contributed by atoms with Gasteiger partial charge in [-0.25, -0.2) is 0 Å². The Morgan fingerprint density at radius 2 is 2.18 bits per heavy atom. The summed E-state index contributed by atoms with van der Waals surface area (Å²) in [6.07, 6.45) is 2.10. The van der Waals surface area contributed by atoms with E-state index in [1.165, 1.54) is 11.3 Å². The van der Waals surface area contributed by atoms with Gasteiger partial charge in [-0.15, -0.1) is 11.3 Å². The molecule has 0 saturated heterocycles. The summed E-state index contributed by atoms with van der Waals surface area (Å²) in [6.45, 7) is 4.91. The number of carbonyl (C=O) groups excluding carboxylic acids is 1. The fraction of sp³-hybridized carbons (Fsp3) is 0.615. The van der Waals surface area contributed by atoms with Crippen molar-refractivity contribution in [3.63, 3.8) is 0 Å². The van der Waals surface area contributed by atoms with Gasteiger partial charge in [0.15, 0.2) is 0 Å². The van der Waals surface area contributed by atoms with Crippen LogP contribution in [0.2, 0.25) is 4.34 Å². The van der Waals surface area contributed by atoms with E-state index in [9.17, 15) is 4.79 Å². The van der Waals surface area contributed by atoms with Crippen LogP contribution in [-0.2, 0) is 11.2 Å². The molecule has 0 aliphatic carbocycles. The standard InChI is InChI=1S/C13H20ClNOS/c1-9(2)5-10(8-15)6-11(16)7-12-3-4-13(14)17-12/h3-4,9-10H,5-8,15H2,1-2H3. The molecular weight excluding hydrogens is 254 g/mol. The first kappa shape index (κ1) is 14.7. The molecule has 1 aromatic heterocycles. The Hall–Kier alpha value is -0.380. The molecule has 0 radical (unpaired) electrons. The summed E-state index contributed by atoms with van der Waals surface area (Å²) in [7, 11) is 0. The van der Waals surface area contributed by atoms with E-state index < -0.39 is 0 Å². The lowest BCUT2D eigenvalue weighted by Crippen LogP contribution is -2.20. The van der Waals surface area contributed by atoms with E-state index in [4.69, 9.17) is 17.3 Å². The number of Topliss-reactive ketones (excluding diaryl/α,β-unsaturated/α-hetero) is 1. The van der Waals surface area contributed by atoms with Crippen molar-refractivity contribution in [1.29, 1.82) is 0 Å². The summed E-state index contributed by atoms with van der Waals surface area (Å²) >= 11 is 7.31. The molecule has 96 valence electrons. The summed E-state index contributed by atoms with van der Waals surface area (Å²) in [4.78, 5) is 12.9. The predicted octanol–water partition coefficient (Wildman–Crippen LogP) is 3.52. The Morgan fingerprint density at radius 3 is 2.65 bits per heavy atom. The van der Waals surface area contributed by atoms with Crippen LogP contribution >= 0.6 is 22.9 Å². The van der Waals surface area contributed by atoms with Gasteiger partial charge in [0.2, 0.25) is 0 Å². The summed E-state index contributed by atoms with van der Waals surface area (Å²) in [5, 5.41) is 0. The van der Waals surface area contributed by atoms with Crippen molar-refractivity contribution in [2.45, 2.75) is 33.1 Å². The first-order valence-corrected chi connectivity index (χ1v) is 7.16. The first-order valence-electron chi connectivity index (χ1n) is 5.97. The van der Waals surface area contributed by atoms with Crippen LogP contribution in [-0.4, -0.2) is 12.3 Å². The molecular formula is C13H20ClNOS. The van der Waals surface area contributed by atoms with Gasteiger partial charge in [-0.2, -0.15) is 0 Å². The zero-order valence-corrected chi connectivity index (χ0v) is 12.0. The number of nitrogens with two attached hydrogens (primary N) is 1. The maximum Gasteiger partial charge on any atom is 0.138 e. The molecule has 1 heterocycles.